The number of carbonyl (C=O) groups is 2. The molecule has 0 unspecified atom stereocenters. The molecule has 176 valence electrons. The highest BCUT2D eigenvalue weighted by Crippen LogP contribution is 2.23. The molecule has 0 bridgehead atoms. The summed E-state index contributed by atoms with van der Waals surface area (Å²) in [4.78, 5) is 33.5. The molecule has 3 heterocycles. The van der Waals surface area contributed by atoms with Crippen molar-refractivity contribution in [1.29, 1.82) is 0 Å². The smallest absolute Gasteiger partial charge is 0.257 e. The summed E-state index contributed by atoms with van der Waals surface area (Å²) in [6, 6.07) is 6.98. The number of nitrogens with one attached hydrogen (secondary N) is 1. The van der Waals surface area contributed by atoms with Crippen LogP contribution in [-0.2, 0) is 11.3 Å². The van der Waals surface area contributed by atoms with Crippen LogP contribution in [0.4, 0.5) is 14.6 Å². The maximum absolute atomic E-state index is 13.8. The summed E-state index contributed by atoms with van der Waals surface area (Å²) in [5.74, 6) is -1.83. The van der Waals surface area contributed by atoms with Gasteiger partial charge in [-0.1, -0.05) is 6.07 Å². The van der Waals surface area contributed by atoms with E-state index in [4.69, 9.17) is 5.73 Å². The van der Waals surface area contributed by atoms with Gasteiger partial charge < -0.3 is 16.0 Å². The summed E-state index contributed by atoms with van der Waals surface area (Å²) in [6.45, 7) is 3.54. The molecule has 2 amide bonds. The minimum atomic E-state index is -0.876. The lowest BCUT2D eigenvalue weighted by Gasteiger charge is -2.37. The average molecular weight is 458 g/mol. The Bertz CT molecular complexity index is 982. The van der Waals surface area contributed by atoms with Crippen molar-refractivity contribution in [3.63, 3.8) is 0 Å². The molecule has 0 saturated carbocycles. The van der Waals surface area contributed by atoms with Crippen molar-refractivity contribution in [2.24, 2.45) is 5.92 Å². The molecule has 3 N–H and O–H groups in total. The summed E-state index contributed by atoms with van der Waals surface area (Å²) >= 11 is 0. The van der Waals surface area contributed by atoms with Crippen molar-refractivity contribution in [3.8, 4) is 0 Å². The Morgan fingerprint density at radius 2 is 1.70 bits per heavy atom. The third-order valence-corrected chi connectivity index (χ3v) is 6.52. The molecular weight excluding hydrogens is 428 g/mol. The van der Waals surface area contributed by atoms with Gasteiger partial charge in [0.05, 0.1) is 0 Å². The summed E-state index contributed by atoms with van der Waals surface area (Å²) < 4.78 is 27.7. The van der Waals surface area contributed by atoms with Gasteiger partial charge in [0.1, 0.15) is 23.0 Å². The van der Waals surface area contributed by atoms with E-state index in [9.17, 15) is 18.4 Å². The number of nitrogens with two attached hydrogens (primary N) is 1. The molecule has 9 heteroatoms. The number of anilines is 1. The highest BCUT2D eigenvalue weighted by Gasteiger charge is 2.31. The van der Waals surface area contributed by atoms with Gasteiger partial charge >= 0.3 is 0 Å². The fraction of sp³-hybridized carbons (Fsp3) is 0.458. The van der Waals surface area contributed by atoms with Crippen molar-refractivity contribution in [1.82, 2.24) is 20.1 Å². The van der Waals surface area contributed by atoms with E-state index in [0.29, 0.717) is 31.7 Å². The highest BCUT2D eigenvalue weighted by molar-refractivity contribution is 5.95. The van der Waals surface area contributed by atoms with Gasteiger partial charge in [-0.25, -0.2) is 13.8 Å². The van der Waals surface area contributed by atoms with Crippen LogP contribution in [0.1, 0.15) is 41.6 Å². The molecule has 1 aromatic heterocycles. The van der Waals surface area contributed by atoms with Gasteiger partial charge in [0.25, 0.3) is 5.91 Å². The maximum atomic E-state index is 13.8. The van der Waals surface area contributed by atoms with Gasteiger partial charge in [-0.15, -0.1) is 0 Å². The van der Waals surface area contributed by atoms with Gasteiger partial charge in [-0.3, -0.25) is 14.5 Å². The fourth-order valence-corrected chi connectivity index (χ4v) is 4.66. The quantitative estimate of drug-likeness (QED) is 0.720. The number of halogens is 2. The van der Waals surface area contributed by atoms with Crippen LogP contribution in [0.15, 0.2) is 36.5 Å². The zero-order chi connectivity index (χ0) is 23.4. The molecule has 33 heavy (non-hydrogen) atoms. The monoisotopic (exact) mass is 457 g/mol. The van der Waals surface area contributed by atoms with Crippen LogP contribution < -0.4 is 11.1 Å². The zero-order valence-electron chi connectivity index (χ0n) is 18.5. The summed E-state index contributed by atoms with van der Waals surface area (Å²) in [5.41, 5.74) is 6.31. The third kappa shape index (κ3) is 5.65. The molecule has 0 aliphatic carbocycles. The first-order chi connectivity index (χ1) is 15.9. The molecule has 2 aromatic rings. The second-order valence-corrected chi connectivity index (χ2v) is 8.81. The predicted molar refractivity (Wildman–Crippen MR) is 120 cm³/mol. The second-order valence-electron chi connectivity index (χ2n) is 8.81. The topological polar surface area (TPSA) is 91.6 Å². The van der Waals surface area contributed by atoms with Gasteiger partial charge in [0, 0.05) is 37.8 Å². The van der Waals surface area contributed by atoms with Crippen molar-refractivity contribution in [3.05, 3.63) is 59.3 Å². The summed E-state index contributed by atoms with van der Waals surface area (Å²) in [7, 11) is 0. The Hall–Kier alpha value is -3.07. The van der Waals surface area contributed by atoms with Gasteiger partial charge in [-0.05, 0) is 68.6 Å². The molecule has 2 saturated heterocycles. The Labute approximate surface area is 192 Å². The van der Waals surface area contributed by atoms with Crippen molar-refractivity contribution in [2.45, 2.75) is 38.3 Å². The minimum Gasteiger partial charge on any atom is -0.384 e. The van der Waals surface area contributed by atoms with Gasteiger partial charge in [0.2, 0.25) is 5.91 Å². The van der Waals surface area contributed by atoms with Crippen LogP contribution in [0.5, 0.6) is 0 Å². The zero-order valence-corrected chi connectivity index (χ0v) is 18.5. The van der Waals surface area contributed by atoms with Gasteiger partial charge in [-0.2, -0.15) is 0 Å². The first kappa shape index (κ1) is 23.1. The number of nitrogens with zero attached hydrogens (tertiary/aromatic N) is 3. The third-order valence-electron chi connectivity index (χ3n) is 6.52. The number of hydrogen-bond donors (Lipinski definition) is 2. The molecular formula is C24H29F2N5O2. The number of amides is 2. The molecule has 0 atom stereocenters. The van der Waals surface area contributed by atoms with E-state index in [1.54, 1.807) is 6.20 Å². The number of likely N-dealkylation sites (tertiary alicyclic amines) is 2. The molecule has 2 aliphatic heterocycles. The molecule has 7 nitrogen and oxygen atoms in total. The van der Waals surface area contributed by atoms with Crippen LogP contribution in [0.25, 0.3) is 0 Å². The van der Waals surface area contributed by atoms with E-state index in [1.165, 1.54) is 6.07 Å². The van der Waals surface area contributed by atoms with Crippen molar-refractivity contribution in [2.75, 3.05) is 31.9 Å². The van der Waals surface area contributed by atoms with E-state index < -0.39 is 23.1 Å². The number of aromatic nitrogens is 1. The second kappa shape index (κ2) is 10.2. The predicted octanol–water partition coefficient (Wildman–Crippen LogP) is 2.58. The molecule has 1 aromatic carbocycles. The number of piperidine rings is 2. The maximum Gasteiger partial charge on any atom is 0.257 e. The number of hydrogen-bond acceptors (Lipinski definition) is 5. The Morgan fingerprint density at radius 1 is 1.03 bits per heavy atom. The largest absolute Gasteiger partial charge is 0.384 e. The Balaban J connectivity index is 1.22. The normalized spacial score (nSPS) is 18.3. The first-order valence-electron chi connectivity index (χ1n) is 11.4. The van der Waals surface area contributed by atoms with Crippen LogP contribution in [0, 0.1) is 17.6 Å². The van der Waals surface area contributed by atoms with Crippen molar-refractivity contribution >= 4 is 17.6 Å². The molecule has 2 fully saturated rings. The van der Waals surface area contributed by atoms with Crippen LogP contribution in [0.3, 0.4) is 0 Å². The average Bonchev–Trinajstić information content (AvgIpc) is 2.79. The lowest BCUT2D eigenvalue weighted by molar-refractivity contribution is -0.138. The van der Waals surface area contributed by atoms with Crippen molar-refractivity contribution < 1.29 is 18.4 Å². The fourth-order valence-electron chi connectivity index (χ4n) is 4.66. The molecule has 2 aliphatic rings. The Kier molecular flexibility index (Phi) is 7.17. The number of pyridine rings is 1. The minimum absolute atomic E-state index is 0.00223. The van der Waals surface area contributed by atoms with Gasteiger partial charge in [0.15, 0.2) is 0 Å². The number of carbonyl (C=O) groups excluding carboxylic acids is 2. The SMILES string of the molecule is Nc1cc(CN2CCC(C(=O)N3CCC(NC(=O)c4c(F)cccc4F)CC3)CC2)ccn1. The van der Waals surface area contributed by atoms with Crippen LogP contribution >= 0.6 is 0 Å². The highest BCUT2D eigenvalue weighted by atomic mass is 19.1. The van der Waals surface area contributed by atoms with E-state index >= 15 is 0 Å². The van der Waals surface area contributed by atoms with Crippen LogP contribution in [0.2, 0.25) is 0 Å². The van der Waals surface area contributed by atoms with E-state index in [-0.39, 0.29) is 17.9 Å². The summed E-state index contributed by atoms with van der Waals surface area (Å²) in [6.07, 6.45) is 4.46. The van der Waals surface area contributed by atoms with Crippen LogP contribution in [-0.4, -0.2) is 58.8 Å². The molecule has 0 spiro atoms. The lowest BCUT2D eigenvalue weighted by atomic mass is 9.93. The van der Waals surface area contributed by atoms with E-state index in [0.717, 1.165) is 50.2 Å². The van der Waals surface area contributed by atoms with E-state index in [2.05, 4.69) is 15.2 Å². The molecule has 0 radical (unpaired) electrons. The molecule has 4 rings (SSSR count). The van der Waals surface area contributed by atoms with E-state index in [1.807, 2.05) is 17.0 Å². The number of nitrogen functional groups attached to an aromatic ring is 1. The lowest BCUT2D eigenvalue weighted by Crippen LogP contribution is -2.49. The standard InChI is InChI=1S/C24H29F2N5O2/c25-19-2-1-3-20(26)22(19)23(32)29-18-7-12-31(13-8-18)24(33)17-5-10-30(11-6-17)15-16-4-9-28-21(27)14-16/h1-4,9,14,17-18H,5-8,10-13,15H2,(H2,27,28)(H,29,32). The number of benzene rings is 1. The summed E-state index contributed by atoms with van der Waals surface area (Å²) in [5, 5.41) is 2.71. The Morgan fingerprint density at radius 3 is 2.33 bits per heavy atom. The number of rotatable bonds is 5. The first-order valence-corrected chi connectivity index (χ1v) is 11.4.